The number of aromatic amines is 1. The minimum atomic E-state index is -0.221. The zero-order chi connectivity index (χ0) is 15.5. The van der Waals surface area contributed by atoms with Gasteiger partial charge in [0.15, 0.2) is 5.95 Å². The molecule has 0 bridgehead atoms. The molecule has 0 radical (unpaired) electrons. The Labute approximate surface area is 126 Å². The molecule has 0 saturated carbocycles. The lowest BCUT2D eigenvalue weighted by molar-refractivity contribution is 0.0952. The van der Waals surface area contributed by atoms with Gasteiger partial charge in [-0.3, -0.25) is 4.79 Å². The van der Waals surface area contributed by atoms with E-state index in [0.717, 1.165) is 11.1 Å². The average molecular weight is 291 g/mol. The number of imidazole rings is 1. The van der Waals surface area contributed by atoms with Gasteiger partial charge in [-0.05, 0) is 29.8 Å². The highest BCUT2D eigenvalue weighted by molar-refractivity contribution is 6.05. The Balaban J connectivity index is 1.77. The lowest BCUT2D eigenvalue weighted by Gasteiger charge is -2.06. The molecule has 1 heterocycles. The molecule has 0 saturated heterocycles. The number of aromatic nitrogens is 2. The highest BCUT2D eigenvalue weighted by atomic mass is 16.1. The normalized spacial score (nSPS) is 10.3. The molecule has 0 fully saturated rings. The van der Waals surface area contributed by atoms with Crippen LogP contribution < -0.4 is 11.1 Å². The van der Waals surface area contributed by atoms with Crippen LogP contribution in [0.25, 0.3) is 11.0 Å². The van der Waals surface area contributed by atoms with Crippen molar-refractivity contribution in [2.75, 3.05) is 5.73 Å². The maximum Gasteiger partial charge on any atom is 0.253 e. The van der Waals surface area contributed by atoms with Gasteiger partial charge in [0.25, 0.3) is 5.91 Å². The van der Waals surface area contributed by atoms with Crippen molar-refractivity contribution >= 4 is 22.9 Å². The number of benzene rings is 2. The number of nitrogens with two attached hydrogens (primary N) is 1. The third-order valence-corrected chi connectivity index (χ3v) is 3.31. The lowest BCUT2D eigenvalue weighted by atomic mass is 10.1. The molecular weight excluding hydrogens is 278 g/mol. The van der Waals surface area contributed by atoms with E-state index < -0.39 is 0 Å². The van der Waals surface area contributed by atoms with Crippen LogP contribution >= 0.6 is 0 Å². The first kappa shape index (κ1) is 13.6. The summed E-state index contributed by atoms with van der Waals surface area (Å²) < 4.78 is 0. The SMILES string of the molecule is N#Cc1ccc(CNC(=O)c2cccc3[nH]c(N)nc23)cc1. The Kier molecular flexibility index (Phi) is 3.46. The summed E-state index contributed by atoms with van der Waals surface area (Å²) in [4.78, 5) is 19.3. The van der Waals surface area contributed by atoms with Crippen molar-refractivity contribution in [2.24, 2.45) is 0 Å². The molecule has 22 heavy (non-hydrogen) atoms. The van der Waals surface area contributed by atoms with E-state index in [0.29, 0.717) is 23.2 Å². The molecule has 0 unspecified atom stereocenters. The van der Waals surface area contributed by atoms with Crippen LogP contribution in [-0.2, 0) is 6.54 Å². The van der Waals surface area contributed by atoms with Gasteiger partial charge in [0, 0.05) is 6.54 Å². The highest BCUT2D eigenvalue weighted by Crippen LogP contribution is 2.17. The second-order valence-electron chi connectivity index (χ2n) is 4.82. The summed E-state index contributed by atoms with van der Waals surface area (Å²) in [5.74, 6) is 0.0591. The van der Waals surface area contributed by atoms with Gasteiger partial charge in [-0.25, -0.2) is 4.98 Å². The molecule has 3 aromatic rings. The predicted octanol–water partition coefficient (Wildman–Crippen LogP) is 1.95. The molecule has 0 atom stereocenters. The Morgan fingerprint density at radius 3 is 2.77 bits per heavy atom. The van der Waals surface area contributed by atoms with Crippen LogP contribution in [0.15, 0.2) is 42.5 Å². The van der Waals surface area contributed by atoms with Crippen LogP contribution in [0.5, 0.6) is 0 Å². The van der Waals surface area contributed by atoms with E-state index in [4.69, 9.17) is 11.0 Å². The van der Waals surface area contributed by atoms with E-state index in [2.05, 4.69) is 21.4 Å². The first-order valence-electron chi connectivity index (χ1n) is 6.69. The van der Waals surface area contributed by atoms with Crippen molar-refractivity contribution in [3.8, 4) is 6.07 Å². The zero-order valence-electron chi connectivity index (χ0n) is 11.6. The van der Waals surface area contributed by atoms with Crippen LogP contribution in [0.4, 0.5) is 5.95 Å². The summed E-state index contributed by atoms with van der Waals surface area (Å²) in [5, 5.41) is 11.6. The van der Waals surface area contributed by atoms with Crippen molar-refractivity contribution in [1.29, 1.82) is 5.26 Å². The third-order valence-electron chi connectivity index (χ3n) is 3.31. The second-order valence-corrected chi connectivity index (χ2v) is 4.82. The van der Waals surface area contributed by atoms with Gasteiger partial charge >= 0.3 is 0 Å². The average Bonchev–Trinajstić information content (AvgIpc) is 2.93. The number of nitrogens with one attached hydrogen (secondary N) is 2. The van der Waals surface area contributed by atoms with E-state index in [9.17, 15) is 4.79 Å². The van der Waals surface area contributed by atoms with Gasteiger partial charge in [0.2, 0.25) is 0 Å². The number of hydrogen-bond acceptors (Lipinski definition) is 4. The summed E-state index contributed by atoms with van der Waals surface area (Å²) in [6.07, 6.45) is 0. The number of carbonyl (C=O) groups is 1. The molecule has 108 valence electrons. The number of anilines is 1. The van der Waals surface area contributed by atoms with Gasteiger partial charge in [-0.15, -0.1) is 0 Å². The molecule has 0 aliphatic carbocycles. The minimum Gasteiger partial charge on any atom is -0.369 e. The fourth-order valence-electron chi connectivity index (χ4n) is 2.21. The van der Waals surface area contributed by atoms with Gasteiger partial charge in [0.05, 0.1) is 22.7 Å². The molecule has 6 nitrogen and oxygen atoms in total. The molecule has 2 aromatic carbocycles. The summed E-state index contributed by atoms with van der Waals surface area (Å²) >= 11 is 0. The Morgan fingerprint density at radius 1 is 1.27 bits per heavy atom. The topological polar surface area (TPSA) is 108 Å². The number of fused-ring (bicyclic) bond motifs is 1. The third kappa shape index (κ3) is 2.60. The van der Waals surface area contributed by atoms with E-state index in [-0.39, 0.29) is 11.9 Å². The van der Waals surface area contributed by atoms with E-state index in [1.54, 1.807) is 24.3 Å². The van der Waals surface area contributed by atoms with Crippen LogP contribution in [0.3, 0.4) is 0 Å². The van der Waals surface area contributed by atoms with Crippen molar-refractivity contribution in [3.63, 3.8) is 0 Å². The minimum absolute atomic E-state index is 0.221. The summed E-state index contributed by atoms with van der Waals surface area (Å²) in [6.45, 7) is 0.376. The lowest BCUT2D eigenvalue weighted by Crippen LogP contribution is -2.23. The van der Waals surface area contributed by atoms with Crippen molar-refractivity contribution in [3.05, 3.63) is 59.2 Å². The predicted molar refractivity (Wildman–Crippen MR) is 82.8 cm³/mol. The molecule has 4 N–H and O–H groups in total. The zero-order valence-corrected chi connectivity index (χ0v) is 11.6. The molecule has 6 heteroatoms. The van der Waals surface area contributed by atoms with Crippen LogP contribution in [0.2, 0.25) is 0 Å². The molecule has 1 aromatic heterocycles. The number of para-hydroxylation sites is 1. The fraction of sp³-hybridized carbons (Fsp3) is 0.0625. The Bertz CT molecular complexity index is 874. The van der Waals surface area contributed by atoms with Crippen LogP contribution in [-0.4, -0.2) is 15.9 Å². The number of nitriles is 1. The van der Waals surface area contributed by atoms with Gasteiger partial charge < -0.3 is 16.0 Å². The number of amides is 1. The molecule has 0 aliphatic heterocycles. The van der Waals surface area contributed by atoms with E-state index in [1.807, 2.05) is 18.2 Å². The number of nitrogen functional groups attached to an aromatic ring is 1. The first-order valence-corrected chi connectivity index (χ1v) is 6.69. The van der Waals surface area contributed by atoms with Gasteiger partial charge in [-0.1, -0.05) is 18.2 Å². The molecule has 0 spiro atoms. The van der Waals surface area contributed by atoms with Crippen molar-refractivity contribution in [2.45, 2.75) is 6.54 Å². The smallest absolute Gasteiger partial charge is 0.253 e. The van der Waals surface area contributed by atoms with Crippen LogP contribution in [0, 0.1) is 11.3 Å². The molecule has 3 rings (SSSR count). The number of H-pyrrole nitrogens is 1. The fourth-order valence-corrected chi connectivity index (χ4v) is 2.21. The Morgan fingerprint density at radius 2 is 2.05 bits per heavy atom. The Hall–Kier alpha value is -3.33. The second kappa shape index (κ2) is 5.58. The number of hydrogen-bond donors (Lipinski definition) is 3. The molecular formula is C16H13N5O. The number of nitrogens with zero attached hydrogens (tertiary/aromatic N) is 2. The number of carbonyl (C=O) groups excluding carboxylic acids is 1. The number of rotatable bonds is 3. The van der Waals surface area contributed by atoms with Gasteiger partial charge in [0.1, 0.15) is 5.52 Å². The van der Waals surface area contributed by atoms with E-state index in [1.165, 1.54) is 0 Å². The van der Waals surface area contributed by atoms with Crippen molar-refractivity contribution < 1.29 is 4.79 Å². The molecule has 0 aliphatic rings. The monoisotopic (exact) mass is 291 g/mol. The maximum absolute atomic E-state index is 12.3. The van der Waals surface area contributed by atoms with Crippen molar-refractivity contribution in [1.82, 2.24) is 15.3 Å². The largest absolute Gasteiger partial charge is 0.369 e. The molecule has 1 amide bonds. The summed E-state index contributed by atoms with van der Waals surface area (Å²) in [5.41, 5.74) is 8.88. The first-order chi connectivity index (χ1) is 10.7. The quantitative estimate of drug-likeness (QED) is 0.685. The van der Waals surface area contributed by atoms with Gasteiger partial charge in [-0.2, -0.15) is 5.26 Å². The van der Waals surface area contributed by atoms with E-state index >= 15 is 0 Å². The summed E-state index contributed by atoms with van der Waals surface area (Å²) in [7, 11) is 0. The van der Waals surface area contributed by atoms with Crippen LogP contribution in [0.1, 0.15) is 21.5 Å². The summed E-state index contributed by atoms with van der Waals surface area (Å²) in [6, 6.07) is 14.4. The standard InChI is InChI=1S/C16H13N5O/c17-8-10-4-6-11(7-5-10)9-19-15(22)12-2-1-3-13-14(12)21-16(18)20-13/h1-7H,9H2,(H,19,22)(H3,18,20,21). The highest BCUT2D eigenvalue weighted by Gasteiger charge is 2.12. The maximum atomic E-state index is 12.3.